The molecule has 0 radical (unpaired) electrons. The molecule has 1 aliphatic carbocycles. The third-order valence-electron chi connectivity index (χ3n) is 4.25. The number of benzene rings is 1. The smallest absolute Gasteiger partial charge is 0.0383 e. The van der Waals surface area contributed by atoms with Crippen molar-refractivity contribution in [3.8, 4) is 0 Å². The molecule has 0 aliphatic heterocycles. The fourth-order valence-electron chi connectivity index (χ4n) is 3.26. The van der Waals surface area contributed by atoms with Crippen LogP contribution in [0, 0.1) is 5.41 Å². The Morgan fingerprint density at radius 3 is 2.44 bits per heavy atom. The molecule has 1 unspecified atom stereocenters. The molecule has 0 spiro atoms. The molecule has 1 aromatic carbocycles. The Labute approximate surface area is 127 Å². The van der Waals surface area contributed by atoms with Crippen molar-refractivity contribution in [2.24, 2.45) is 5.41 Å². The molecule has 3 heteroatoms. The molecular formula is C15H21Br2N. The quantitative estimate of drug-likeness (QED) is 0.742. The molecule has 0 aromatic heterocycles. The summed E-state index contributed by atoms with van der Waals surface area (Å²) in [6.45, 7) is 2.43. The highest BCUT2D eigenvalue weighted by atomic mass is 79.9. The summed E-state index contributed by atoms with van der Waals surface area (Å²) < 4.78 is 2.36. The van der Waals surface area contributed by atoms with Gasteiger partial charge in [0.1, 0.15) is 0 Å². The Bertz CT molecular complexity index is 411. The van der Waals surface area contributed by atoms with Crippen LogP contribution in [0.5, 0.6) is 0 Å². The minimum Gasteiger partial charge on any atom is -0.313 e. The Morgan fingerprint density at radius 1 is 1.17 bits per heavy atom. The number of rotatable bonds is 3. The SMILES string of the molecule is CNC(c1cc(Br)ccc1Br)C1(C)CCCCC1. The van der Waals surface area contributed by atoms with Gasteiger partial charge in [-0.1, -0.05) is 58.0 Å². The molecule has 100 valence electrons. The van der Waals surface area contributed by atoms with E-state index < -0.39 is 0 Å². The Morgan fingerprint density at radius 2 is 1.83 bits per heavy atom. The van der Waals surface area contributed by atoms with E-state index in [9.17, 15) is 0 Å². The molecule has 1 N–H and O–H groups in total. The highest BCUT2D eigenvalue weighted by Gasteiger charge is 2.36. The van der Waals surface area contributed by atoms with Gasteiger partial charge >= 0.3 is 0 Å². The maximum atomic E-state index is 3.70. The lowest BCUT2D eigenvalue weighted by Gasteiger charge is -2.41. The molecule has 1 aromatic rings. The summed E-state index contributed by atoms with van der Waals surface area (Å²) in [6.07, 6.45) is 6.75. The van der Waals surface area contributed by atoms with Gasteiger partial charge in [-0.25, -0.2) is 0 Å². The molecule has 2 rings (SSSR count). The fourth-order valence-corrected chi connectivity index (χ4v) is 4.12. The van der Waals surface area contributed by atoms with E-state index in [4.69, 9.17) is 0 Å². The van der Waals surface area contributed by atoms with Crippen LogP contribution >= 0.6 is 31.9 Å². The number of hydrogen-bond acceptors (Lipinski definition) is 1. The van der Waals surface area contributed by atoms with Crippen LogP contribution in [0.4, 0.5) is 0 Å². The molecular weight excluding hydrogens is 354 g/mol. The second-order valence-corrected chi connectivity index (χ2v) is 7.37. The molecule has 1 aliphatic rings. The first-order valence-electron chi connectivity index (χ1n) is 6.69. The minimum atomic E-state index is 0.371. The molecule has 0 amide bonds. The van der Waals surface area contributed by atoms with Crippen molar-refractivity contribution in [2.75, 3.05) is 7.05 Å². The lowest BCUT2D eigenvalue weighted by atomic mass is 9.68. The zero-order valence-corrected chi connectivity index (χ0v) is 14.3. The number of nitrogens with one attached hydrogen (secondary N) is 1. The van der Waals surface area contributed by atoms with Crippen LogP contribution in [0.15, 0.2) is 27.1 Å². The van der Waals surface area contributed by atoms with Crippen molar-refractivity contribution >= 4 is 31.9 Å². The van der Waals surface area contributed by atoms with Gasteiger partial charge in [-0.2, -0.15) is 0 Å². The number of halogens is 2. The Hall–Kier alpha value is 0.140. The largest absolute Gasteiger partial charge is 0.313 e. The molecule has 1 fully saturated rings. The lowest BCUT2D eigenvalue weighted by Crippen LogP contribution is -2.36. The van der Waals surface area contributed by atoms with Crippen LogP contribution in [0.1, 0.15) is 50.6 Å². The van der Waals surface area contributed by atoms with Gasteiger partial charge < -0.3 is 5.32 Å². The van der Waals surface area contributed by atoms with Gasteiger partial charge in [-0.3, -0.25) is 0 Å². The third-order valence-corrected chi connectivity index (χ3v) is 5.47. The van der Waals surface area contributed by atoms with Gasteiger partial charge in [-0.15, -0.1) is 0 Å². The first-order chi connectivity index (χ1) is 8.57. The van der Waals surface area contributed by atoms with Crippen molar-refractivity contribution in [3.05, 3.63) is 32.7 Å². The fraction of sp³-hybridized carbons (Fsp3) is 0.600. The average molecular weight is 375 g/mol. The van der Waals surface area contributed by atoms with Gasteiger partial charge in [0.15, 0.2) is 0 Å². The van der Waals surface area contributed by atoms with E-state index in [0.29, 0.717) is 11.5 Å². The van der Waals surface area contributed by atoms with Gasteiger partial charge in [0, 0.05) is 15.0 Å². The average Bonchev–Trinajstić information content (AvgIpc) is 2.35. The topological polar surface area (TPSA) is 12.0 Å². The second kappa shape index (κ2) is 6.06. The first-order valence-corrected chi connectivity index (χ1v) is 8.28. The summed E-state index contributed by atoms with van der Waals surface area (Å²) in [7, 11) is 2.08. The molecule has 0 bridgehead atoms. The molecule has 1 saturated carbocycles. The third kappa shape index (κ3) is 3.00. The Balaban J connectivity index is 2.35. The van der Waals surface area contributed by atoms with E-state index in [-0.39, 0.29) is 0 Å². The van der Waals surface area contributed by atoms with Crippen LogP contribution in [0.2, 0.25) is 0 Å². The van der Waals surface area contributed by atoms with Gasteiger partial charge in [0.25, 0.3) is 0 Å². The first kappa shape index (κ1) is 14.5. The van der Waals surface area contributed by atoms with Crippen molar-refractivity contribution in [1.29, 1.82) is 0 Å². The zero-order chi connectivity index (χ0) is 13.2. The second-order valence-electron chi connectivity index (χ2n) is 5.60. The van der Waals surface area contributed by atoms with Crippen molar-refractivity contribution in [3.63, 3.8) is 0 Å². The highest BCUT2D eigenvalue weighted by Crippen LogP contribution is 2.47. The predicted octanol–water partition coefficient (Wildman–Crippen LogP) is 5.44. The summed E-state index contributed by atoms with van der Waals surface area (Å²) in [5, 5.41) is 3.55. The van der Waals surface area contributed by atoms with Crippen LogP contribution < -0.4 is 5.32 Å². The van der Waals surface area contributed by atoms with E-state index in [2.05, 4.69) is 69.3 Å². The summed E-state index contributed by atoms with van der Waals surface area (Å²) in [6, 6.07) is 6.88. The lowest BCUT2D eigenvalue weighted by molar-refractivity contribution is 0.150. The van der Waals surface area contributed by atoms with Gasteiger partial charge in [-0.05, 0) is 49.1 Å². The zero-order valence-electron chi connectivity index (χ0n) is 11.1. The normalized spacial score (nSPS) is 20.7. The molecule has 0 saturated heterocycles. The molecule has 18 heavy (non-hydrogen) atoms. The summed E-state index contributed by atoms with van der Waals surface area (Å²) in [4.78, 5) is 0. The summed E-state index contributed by atoms with van der Waals surface area (Å²) >= 11 is 7.29. The van der Waals surface area contributed by atoms with Crippen LogP contribution in [-0.2, 0) is 0 Å². The monoisotopic (exact) mass is 373 g/mol. The van der Waals surface area contributed by atoms with Gasteiger partial charge in [0.2, 0.25) is 0 Å². The van der Waals surface area contributed by atoms with Crippen molar-refractivity contribution < 1.29 is 0 Å². The number of hydrogen-bond donors (Lipinski definition) is 1. The Kier molecular flexibility index (Phi) is 4.90. The van der Waals surface area contributed by atoms with E-state index in [1.807, 2.05) is 0 Å². The van der Waals surface area contributed by atoms with Crippen molar-refractivity contribution in [1.82, 2.24) is 5.32 Å². The highest BCUT2D eigenvalue weighted by molar-refractivity contribution is 9.11. The molecule has 1 atom stereocenters. The van der Waals surface area contributed by atoms with E-state index >= 15 is 0 Å². The maximum absolute atomic E-state index is 3.70. The van der Waals surface area contributed by atoms with Crippen LogP contribution in [0.25, 0.3) is 0 Å². The van der Waals surface area contributed by atoms with Gasteiger partial charge in [0.05, 0.1) is 0 Å². The molecule has 1 nitrogen and oxygen atoms in total. The van der Waals surface area contributed by atoms with E-state index in [0.717, 1.165) is 4.47 Å². The van der Waals surface area contributed by atoms with E-state index in [1.165, 1.54) is 42.1 Å². The maximum Gasteiger partial charge on any atom is 0.0383 e. The molecule has 0 heterocycles. The summed E-state index contributed by atoms with van der Waals surface area (Å²) in [5.41, 5.74) is 1.74. The standard InChI is InChI=1S/C15H21Br2N/c1-15(8-4-3-5-9-15)14(18-2)12-10-11(16)6-7-13(12)17/h6-7,10,14,18H,3-5,8-9H2,1-2H3. The minimum absolute atomic E-state index is 0.371. The summed E-state index contributed by atoms with van der Waals surface area (Å²) in [5.74, 6) is 0. The predicted molar refractivity (Wildman–Crippen MR) is 84.8 cm³/mol. The van der Waals surface area contributed by atoms with Crippen LogP contribution in [-0.4, -0.2) is 7.05 Å². The van der Waals surface area contributed by atoms with Crippen molar-refractivity contribution in [2.45, 2.75) is 45.1 Å². The van der Waals surface area contributed by atoms with Crippen LogP contribution in [0.3, 0.4) is 0 Å². The van der Waals surface area contributed by atoms with E-state index in [1.54, 1.807) is 0 Å².